The standard InChI is InChI=1S/C11H14N4O2S/c1-8(7-16)12-11(17)10-6-15(14-13-10)5-9-3-2-4-18-9/h2-4,6,8,16H,5,7H2,1H3,(H,12,17). The number of aliphatic hydroxyl groups is 1. The maximum atomic E-state index is 11.7. The van der Waals surface area contributed by atoms with Crippen LogP contribution in [0, 0.1) is 0 Å². The smallest absolute Gasteiger partial charge is 0.273 e. The first-order valence-corrected chi connectivity index (χ1v) is 6.41. The van der Waals surface area contributed by atoms with Gasteiger partial charge in [-0.05, 0) is 18.4 Å². The molecule has 0 aliphatic rings. The number of carbonyl (C=O) groups excluding carboxylic acids is 1. The Balaban J connectivity index is 1.99. The molecule has 2 heterocycles. The molecule has 2 N–H and O–H groups in total. The van der Waals surface area contributed by atoms with Gasteiger partial charge < -0.3 is 10.4 Å². The highest BCUT2D eigenvalue weighted by Gasteiger charge is 2.13. The number of aromatic nitrogens is 3. The Morgan fingerprint density at radius 2 is 2.50 bits per heavy atom. The largest absolute Gasteiger partial charge is 0.394 e. The molecule has 0 saturated heterocycles. The summed E-state index contributed by atoms with van der Waals surface area (Å²) in [5, 5.41) is 21.2. The molecule has 1 amide bonds. The Kier molecular flexibility index (Phi) is 4.06. The van der Waals surface area contributed by atoms with Gasteiger partial charge in [-0.15, -0.1) is 16.4 Å². The molecule has 1 unspecified atom stereocenters. The van der Waals surface area contributed by atoms with Crippen LogP contribution in [-0.4, -0.2) is 38.7 Å². The number of carbonyl (C=O) groups is 1. The van der Waals surface area contributed by atoms with Gasteiger partial charge in [0.2, 0.25) is 0 Å². The third kappa shape index (κ3) is 3.14. The summed E-state index contributed by atoms with van der Waals surface area (Å²) >= 11 is 1.63. The molecule has 18 heavy (non-hydrogen) atoms. The van der Waals surface area contributed by atoms with E-state index in [9.17, 15) is 4.79 Å². The number of nitrogens with one attached hydrogen (secondary N) is 1. The van der Waals surface area contributed by atoms with Crippen LogP contribution < -0.4 is 5.32 Å². The second kappa shape index (κ2) is 5.74. The third-order valence-electron chi connectivity index (χ3n) is 2.32. The van der Waals surface area contributed by atoms with E-state index in [4.69, 9.17) is 5.11 Å². The van der Waals surface area contributed by atoms with Crippen LogP contribution in [-0.2, 0) is 6.54 Å². The number of thiophene rings is 1. The summed E-state index contributed by atoms with van der Waals surface area (Å²) in [6.45, 7) is 2.22. The fraction of sp³-hybridized carbons (Fsp3) is 0.364. The molecule has 0 radical (unpaired) electrons. The minimum atomic E-state index is -0.325. The lowest BCUT2D eigenvalue weighted by Gasteiger charge is -2.08. The zero-order chi connectivity index (χ0) is 13.0. The number of amides is 1. The molecule has 0 aromatic carbocycles. The van der Waals surface area contributed by atoms with Crippen molar-refractivity contribution in [1.82, 2.24) is 20.3 Å². The van der Waals surface area contributed by atoms with E-state index in [0.29, 0.717) is 6.54 Å². The molecule has 96 valence electrons. The van der Waals surface area contributed by atoms with Crippen molar-refractivity contribution in [3.8, 4) is 0 Å². The average molecular weight is 266 g/mol. The van der Waals surface area contributed by atoms with Crippen molar-refractivity contribution in [1.29, 1.82) is 0 Å². The molecule has 0 fully saturated rings. The van der Waals surface area contributed by atoms with Crippen LogP contribution >= 0.6 is 11.3 Å². The van der Waals surface area contributed by atoms with Crippen LogP contribution in [0.5, 0.6) is 0 Å². The minimum absolute atomic E-state index is 0.102. The van der Waals surface area contributed by atoms with Crippen LogP contribution in [0.25, 0.3) is 0 Å². The van der Waals surface area contributed by atoms with Crippen molar-refractivity contribution in [3.63, 3.8) is 0 Å². The predicted octanol–water partition coefficient (Wildman–Crippen LogP) is 0.498. The Morgan fingerprint density at radius 3 is 3.17 bits per heavy atom. The van der Waals surface area contributed by atoms with Gasteiger partial charge in [0, 0.05) is 10.9 Å². The third-order valence-corrected chi connectivity index (χ3v) is 3.18. The molecule has 0 spiro atoms. The molecule has 2 aromatic rings. The van der Waals surface area contributed by atoms with E-state index in [0.717, 1.165) is 4.88 Å². The summed E-state index contributed by atoms with van der Waals surface area (Å²) in [5.41, 5.74) is 0.256. The lowest BCUT2D eigenvalue weighted by Crippen LogP contribution is -2.35. The first-order chi connectivity index (χ1) is 8.69. The maximum Gasteiger partial charge on any atom is 0.273 e. The minimum Gasteiger partial charge on any atom is -0.394 e. The van der Waals surface area contributed by atoms with Crippen LogP contribution in [0.4, 0.5) is 0 Å². The molecule has 7 heteroatoms. The quantitative estimate of drug-likeness (QED) is 0.826. The summed E-state index contributed by atoms with van der Waals surface area (Å²) in [7, 11) is 0. The maximum absolute atomic E-state index is 11.7. The van der Waals surface area contributed by atoms with Gasteiger partial charge in [-0.1, -0.05) is 11.3 Å². The van der Waals surface area contributed by atoms with Gasteiger partial charge in [0.1, 0.15) is 0 Å². The van der Waals surface area contributed by atoms with E-state index in [1.165, 1.54) is 0 Å². The Hall–Kier alpha value is -1.73. The van der Waals surface area contributed by atoms with Crippen molar-refractivity contribution in [2.45, 2.75) is 19.5 Å². The van der Waals surface area contributed by atoms with Crippen molar-refractivity contribution in [3.05, 3.63) is 34.3 Å². The van der Waals surface area contributed by atoms with Crippen molar-refractivity contribution < 1.29 is 9.90 Å². The van der Waals surface area contributed by atoms with Crippen molar-refractivity contribution in [2.24, 2.45) is 0 Å². The topological polar surface area (TPSA) is 80.0 Å². The predicted molar refractivity (Wildman–Crippen MR) is 67.5 cm³/mol. The highest BCUT2D eigenvalue weighted by Crippen LogP contribution is 2.09. The second-order valence-corrected chi connectivity index (χ2v) is 4.97. The fourth-order valence-corrected chi connectivity index (χ4v) is 2.08. The zero-order valence-electron chi connectivity index (χ0n) is 9.91. The van der Waals surface area contributed by atoms with Crippen LogP contribution in [0.15, 0.2) is 23.7 Å². The first kappa shape index (κ1) is 12.7. The van der Waals surface area contributed by atoms with Gasteiger partial charge in [-0.2, -0.15) is 0 Å². The lowest BCUT2D eigenvalue weighted by atomic mass is 10.3. The second-order valence-electron chi connectivity index (χ2n) is 3.94. The van der Waals surface area contributed by atoms with E-state index >= 15 is 0 Å². The number of aliphatic hydroxyl groups excluding tert-OH is 1. The number of hydrogen-bond acceptors (Lipinski definition) is 5. The fourth-order valence-electron chi connectivity index (χ4n) is 1.39. The SMILES string of the molecule is CC(CO)NC(=O)c1cn(Cc2cccs2)nn1. The summed E-state index contributed by atoms with van der Waals surface area (Å²) in [6, 6.07) is 3.67. The molecule has 6 nitrogen and oxygen atoms in total. The Morgan fingerprint density at radius 1 is 1.67 bits per heavy atom. The van der Waals surface area contributed by atoms with E-state index in [1.807, 2.05) is 17.5 Å². The first-order valence-electron chi connectivity index (χ1n) is 5.53. The monoisotopic (exact) mass is 266 g/mol. The Bertz CT molecular complexity index is 509. The highest BCUT2D eigenvalue weighted by molar-refractivity contribution is 7.09. The van der Waals surface area contributed by atoms with Gasteiger partial charge >= 0.3 is 0 Å². The van der Waals surface area contributed by atoms with Crippen LogP contribution in [0.1, 0.15) is 22.3 Å². The molecule has 2 rings (SSSR count). The lowest BCUT2D eigenvalue weighted by molar-refractivity contribution is 0.0917. The molecule has 0 aliphatic heterocycles. The average Bonchev–Trinajstić information content (AvgIpc) is 3.00. The molecule has 0 bridgehead atoms. The number of hydrogen-bond donors (Lipinski definition) is 2. The van der Waals surface area contributed by atoms with E-state index in [1.54, 1.807) is 29.1 Å². The number of rotatable bonds is 5. The van der Waals surface area contributed by atoms with Gasteiger partial charge in [0.25, 0.3) is 5.91 Å². The van der Waals surface area contributed by atoms with Crippen molar-refractivity contribution >= 4 is 17.2 Å². The van der Waals surface area contributed by atoms with Gasteiger partial charge in [0.05, 0.1) is 19.3 Å². The molecular formula is C11H14N4O2S. The summed E-state index contributed by atoms with van der Waals surface area (Å²) < 4.78 is 1.62. The normalized spacial score (nSPS) is 12.3. The Labute approximate surface area is 108 Å². The molecule has 0 saturated carbocycles. The van der Waals surface area contributed by atoms with E-state index < -0.39 is 0 Å². The highest BCUT2D eigenvalue weighted by atomic mass is 32.1. The van der Waals surface area contributed by atoms with E-state index in [-0.39, 0.29) is 24.2 Å². The van der Waals surface area contributed by atoms with Gasteiger partial charge in [-0.25, -0.2) is 4.68 Å². The molecule has 0 aliphatic carbocycles. The van der Waals surface area contributed by atoms with Gasteiger partial charge in [-0.3, -0.25) is 4.79 Å². The van der Waals surface area contributed by atoms with Crippen LogP contribution in [0.3, 0.4) is 0 Å². The molecule has 1 atom stereocenters. The van der Waals surface area contributed by atoms with Gasteiger partial charge in [0.15, 0.2) is 5.69 Å². The number of nitrogens with zero attached hydrogens (tertiary/aromatic N) is 3. The summed E-state index contributed by atoms with van der Waals surface area (Å²) in [4.78, 5) is 12.8. The van der Waals surface area contributed by atoms with Crippen LogP contribution in [0.2, 0.25) is 0 Å². The van der Waals surface area contributed by atoms with E-state index in [2.05, 4.69) is 15.6 Å². The van der Waals surface area contributed by atoms with Crippen molar-refractivity contribution in [2.75, 3.05) is 6.61 Å². The molecular weight excluding hydrogens is 252 g/mol. The summed E-state index contributed by atoms with van der Waals surface area (Å²) in [6.07, 6.45) is 1.60. The summed E-state index contributed by atoms with van der Waals surface area (Å²) in [5.74, 6) is -0.325. The zero-order valence-corrected chi connectivity index (χ0v) is 10.7. The molecule has 2 aromatic heterocycles.